The van der Waals surface area contributed by atoms with Crippen molar-refractivity contribution in [1.29, 1.82) is 0 Å². The Morgan fingerprint density at radius 1 is 1.08 bits per heavy atom. The van der Waals surface area contributed by atoms with Gasteiger partial charge in [-0.2, -0.15) is 13.2 Å². The van der Waals surface area contributed by atoms with Crippen LogP contribution in [-0.4, -0.2) is 54.0 Å². The average Bonchev–Trinajstić information content (AvgIpc) is 2.62. The lowest BCUT2D eigenvalue weighted by Crippen LogP contribution is -2.45. The zero-order valence-electron chi connectivity index (χ0n) is 14.1. The van der Waals surface area contributed by atoms with Crippen molar-refractivity contribution in [2.24, 2.45) is 0 Å². The Labute approximate surface area is 148 Å². The summed E-state index contributed by atoms with van der Waals surface area (Å²) in [5.74, 6) is -0.0271. The molecule has 26 heavy (non-hydrogen) atoms. The summed E-state index contributed by atoms with van der Waals surface area (Å²) in [7, 11) is 2.03. The van der Waals surface area contributed by atoms with Gasteiger partial charge in [0.1, 0.15) is 5.69 Å². The SMILES string of the molecule is CN1CCN(c2nccc(C(=O)Nc3ccc(C(F)(F)F)cc3)n2)CC1. The van der Waals surface area contributed by atoms with Crippen LogP contribution in [0.1, 0.15) is 16.1 Å². The Morgan fingerprint density at radius 3 is 2.35 bits per heavy atom. The second kappa shape index (κ2) is 7.28. The number of rotatable bonds is 3. The second-order valence-electron chi connectivity index (χ2n) is 6.06. The van der Waals surface area contributed by atoms with E-state index in [1.165, 1.54) is 24.4 Å². The molecule has 1 aromatic heterocycles. The van der Waals surface area contributed by atoms with Crippen molar-refractivity contribution in [2.75, 3.05) is 43.4 Å². The summed E-state index contributed by atoms with van der Waals surface area (Å²) in [4.78, 5) is 25.0. The number of alkyl halides is 3. The smallest absolute Gasteiger partial charge is 0.338 e. The molecule has 1 aliphatic rings. The fourth-order valence-corrected chi connectivity index (χ4v) is 2.57. The van der Waals surface area contributed by atoms with Crippen LogP contribution >= 0.6 is 0 Å². The minimum Gasteiger partial charge on any atom is -0.338 e. The van der Waals surface area contributed by atoms with Crippen LogP contribution < -0.4 is 10.2 Å². The number of benzene rings is 1. The maximum Gasteiger partial charge on any atom is 0.416 e. The fourth-order valence-electron chi connectivity index (χ4n) is 2.57. The van der Waals surface area contributed by atoms with Gasteiger partial charge in [-0.25, -0.2) is 9.97 Å². The third-order valence-corrected chi connectivity index (χ3v) is 4.13. The Hall–Kier alpha value is -2.68. The van der Waals surface area contributed by atoms with Crippen LogP contribution in [0.3, 0.4) is 0 Å². The lowest BCUT2D eigenvalue weighted by Gasteiger charge is -2.32. The number of nitrogens with one attached hydrogen (secondary N) is 1. The zero-order chi connectivity index (χ0) is 18.7. The van der Waals surface area contributed by atoms with Crippen molar-refractivity contribution in [3.63, 3.8) is 0 Å². The molecule has 0 bridgehead atoms. The van der Waals surface area contributed by atoms with Gasteiger partial charge in [0.25, 0.3) is 5.91 Å². The van der Waals surface area contributed by atoms with E-state index in [1.807, 2.05) is 11.9 Å². The van der Waals surface area contributed by atoms with Gasteiger partial charge in [-0.15, -0.1) is 0 Å². The molecule has 0 radical (unpaired) electrons. The maximum absolute atomic E-state index is 12.6. The number of halogens is 3. The van der Waals surface area contributed by atoms with E-state index in [9.17, 15) is 18.0 Å². The fraction of sp³-hybridized carbons (Fsp3) is 0.353. The third-order valence-electron chi connectivity index (χ3n) is 4.13. The van der Waals surface area contributed by atoms with E-state index in [2.05, 4.69) is 20.2 Å². The minimum absolute atomic E-state index is 0.161. The summed E-state index contributed by atoms with van der Waals surface area (Å²) in [5, 5.41) is 2.55. The predicted molar refractivity (Wildman–Crippen MR) is 91.1 cm³/mol. The van der Waals surface area contributed by atoms with E-state index >= 15 is 0 Å². The monoisotopic (exact) mass is 365 g/mol. The van der Waals surface area contributed by atoms with Gasteiger partial charge in [-0.3, -0.25) is 4.79 Å². The van der Waals surface area contributed by atoms with E-state index in [0.29, 0.717) is 5.95 Å². The van der Waals surface area contributed by atoms with Crippen molar-refractivity contribution in [1.82, 2.24) is 14.9 Å². The number of likely N-dealkylation sites (N-methyl/N-ethyl adjacent to an activating group) is 1. The van der Waals surface area contributed by atoms with Gasteiger partial charge >= 0.3 is 6.18 Å². The summed E-state index contributed by atoms with van der Waals surface area (Å²) in [5.41, 5.74) is -0.341. The number of anilines is 2. The van der Waals surface area contributed by atoms with Gasteiger partial charge in [0.2, 0.25) is 5.95 Å². The Morgan fingerprint density at radius 2 is 1.73 bits per heavy atom. The molecular formula is C17H18F3N5O. The Balaban J connectivity index is 1.69. The quantitative estimate of drug-likeness (QED) is 0.906. The first kappa shape index (κ1) is 18.1. The summed E-state index contributed by atoms with van der Waals surface area (Å²) in [6.45, 7) is 3.29. The Bertz CT molecular complexity index is 771. The molecule has 2 heterocycles. The van der Waals surface area contributed by atoms with Gasteiger partial charge < -0.3 is 15.1 Å². The normalized spacial score (nSPS) is 15.8. The van der Waals surface area contributed by atoms with Crippen LogP contribution in [0, 0.1) is 0 Å². The molecule has 1 amide bonds. The topological polar surface area (TPSA) is 61.4 Å². The summed E-state index contributed by atoms with van der Waals surface area (Å²) in [6, 6.07) is 5.74. The largest absolute Gasteiger partial charge is 0.416 e. The molecule has 1 saturated heterocycles. The number of hydrogen-bond acceptors (Lipinski definition) is 5. The van der Waals surface area contributed by atoms with E-state index in [4.69, 9.17) is 0 Å². The Kier molecular flexibility index (Phi) is 5.08. The number of amides is 1. The first-order chi connectivity index (χ1) is 12.3. The van der Waals surface area contributed by atoms with Crippen LogP contribution in [0.5, 0.6) is 0 Å². The van der Waals surface area contributed by atoms with Crippen LogP contribution in [-0.2, 0) is 6.18 Å². The van der Waals surface area contributed by atoms with Crippen molar-refractivity contribution >= 4 is 17.5 Å². The van der Waals surface area contributed by atoms with Gasteiger partial charge in [0.15, 0.2) is 0 Å². The highest BCUT2D eigenvalue weighted by Gasteiger charge is 2.30. The molecule has 0 unspecified atom stereocenters. The van der Waals surface area contributed by atoms with Gasteiger partial charge in [-0.1, -0.05) is 0 Å². The van der Waals surface area contributed by atoms with Crippen molar-refractivity contribution in [2.45, 2.75) is 6.18 Å². The van der Waals surface area contributed by atoms with E-state index in [1.54, 1.807) is 0 Å². The first-order valence-electron chi connectivity index (χ1n) is 8.08. The summed E-state index contributed by atoms with van der Waals surface area (Å²) < 4.78 is 37.7. The van der Waals surface area contributed by atoms with Crippen LogP contribution in [0.2, 0.25) is 0 Å². The number of piperazine rings is 1. The minimum atomic E-state index is -4.41. The van der Waals surface area contributed by atoms with E-state index in [0.717, 1.165) is 38.3 Å². The lowest BCUT2D eigenvalue weighted by atomic mass is 10.2. The lowest BCUT2D eigenvalue weighted by molar-refractivity contribution is -0.137. The molecule has 1 fully saturated rings. The number of nitrogens with zero attached hydrogens (tertiary/aromatic N) is 4. The second-order valence-corrected chi connectivity index (χ2v) is 6.06. The summed E-state index contributed by atoms with van der Waals surface area (Å²) in [6.07, 6.45) is -2.91. The van der Waals surface area contributed by atoms with Gasteiger partial charge in [0.05, 0.1) is 5.56 Å². The van der Waals surface area contributed by atoms with Crippen molar-refractivity contribution in [3.05, 3.63) is 47.8 Å². The number of aromatic nitrogens is 2. The molecule has 1 N–H and O–H groups in total. The molecule has 1 aliphatic heterocycles. The van der Waals surface area contributed by atoms with E-state index < -0.39 is 17.6 Å². The predicted octanol–water partition coefficient (Wildman–Crippen LogP) is 2.50. The van der Waals surface area contributed by atoms with Gasteiger partial charge in [-0.05, 0) is 37.4 Å². The van der Waals surface area contributed by atoms with Crippen LogP contribution in [0.15, 0.2) is 36.5 Å². The number of carbonyl (C=O) groups excluding carboxylic acids is 1. The molecule has 2 aromatic rings. The van der Waals surface area contributed by atoms with Gasteiger partial charge in [0, 0.05) is 38.1 Å². The summed E-state index contributed by atoms with van der Waals surface area (Å²) >= 11 is 0. The molecule has 9 heteroatoms. The molecule has 138 valence electrons. The first-order valence-corrected chi connectivity index (χ1v) is 8.08. The highest BCUT2D eigenvalue weighted by Crippen LogP contribution is 2.29. The third kappa shape index (κ3) is 4.29. The molecule has 1 aromatic carbocycles. The average molecular weight is 365 g/mol. The molecular weight excluding hydrogens is 347 g/mol. The van der Waals surface area contributed by atoms with Crippen LogP contribution in [0.4, 0.5) is 24.8 Å². The van der Waals surface area contributed by atoms with Crippen molar-refractivity contribution in [3.8, 4) is 0 Å². The maximum atomic E-state index is 12.6. The molecule has 6 nitrogen and oxygen atoms in total. The highest BCUT2D eigenvalue weighted by atomic mass is 19.4. The molecule has 0 saturated carbocycles. The highest BCUT2D eigenvalue weighted by molar-refractivity contribution is 6.02. The molecule has 0 spiro atoms. The number of carbonyl (C=O) groups is 1. The number of hydrogen-bond donors (Lipinski definition) is 1. The molecule has 0 aliphatic carbocycles. The van der Waals surface area contributed by atoms with E-state index in [-0.39, 0.29) is 11.4 Å². The molecule has 0 atom stereocenters. The van der Waals surface area contributed by atoms with Crippen LogP contribution in [0.25, 0.3) is 0 Å². The standard InChI is InChI=1S/C17H18F3N5O/c1-24-8-10-25(11-9-24)16-21-7-6-14(23-16)15(26)22-13-4-2-12(3-5-13)17(18,19)20/h2-7H,8-11H2,1H3,(H,22,26). The van der Waals surface area contributed by atoms with Crippen molar-refractivity contribution < 1.29 is 18.0 Å². The zero-order valence-corrected chi connectivity index (χ0v) is 14.1. The molecule has 3 rings (SSSR count).